The lowest BCUT2D eigenvalue weighted by molar-refractivity contribution is -0.125. The van der Waals surface area contributed by atoms with E-state index in [2.05, 4.69) is 10.6 Å². The first-order valence-corrected chi connectivity index (χ1v) is 5.72. The lowest BCUT2D eigenvalue weighted by Gasteiger charge is -2.23. The molecular weight excluding hydrogens is 192 g/mol. The second kappa shape index (κ2) is 5.47. The molecule has 1 unspecified atom stereocenters. The summed E-state index contributed by atoms with van der Waals surface area (Å²) in [5.41, 5.74) is -0.644. The van der Waals surface area contributed by atoms with E-state index >= 15 is 0 Å². The summed E-state index contributed by atoms with van der Waals surface area (Å²) >= 11 is 0. The van der Waals surface area contributed by atoms with Gasteiger partial charge in [0, 0.05) is 19.0 Å². The fraction of sp³-hybridized carbons (Fsp3) is 0.909. The minimum Gasteiger partial charge on any atom is -0.388 e. The van der Waals surface area contributed by atoms with E-state index in [1.807, 2.05) is 14.0 Å². The first-order valence-electron chi connectivity index (χ1n) is 5.72. The third-order valence-electron chi connectivity index (χ3n) is 3.08. The van der Waals surface area contributed by atoms with Gasteiger partial charge in [-0.2, -0.15) is 0 Å². The van der Waals surface area contributed by atoms with Gasteiger partial charge >= 0.3 is 0 Å². The molecule has 4 nitrogen and oxygen atoms in total. The third-order valence-corrected chi connectivity index (χ3v) is 3.08. The van der Waals surface area contributed by atoms with Crippen LogP contribution in [0.1, 0.15) is 32.6 Å². The minimum atomic E-state index is -0.644. The van der Waals surface area contributed by atoms with Crippen LogP contribution in [0.15, 0.2) is 0 Å². The van der Waals surface area contributed by atoms with Crippen LogP contribution in [0.3, 0.4) is 0 Å². The Balaban J connectivity index is 2.26. The molecule has 3 N–H and O–H groups in total. The fourth-order valence-corrected chi connectivity index (χ4v) is 2.03. The third kappa shape index (κ3) is 3.80. The summed E-state index contributed by atoms with van der Waals surface area (Å²) in [5.74, 6) is -0.0234. The van der Waals surface area contributed by atoms with E-state index in [1.165, 1.54) is 0 Å². The number of aliphatic hydroxyl groups is 1. The molecule has 1 rings (SSSR count). The molecule has 0 aromatic carbocycles. The van der Waals surface area contributed by atoms with Gasteiger partial charge in [-0.25, -0.2) is 0 Å². The smallest absolute Gasteiger partial charge is 0.224 e. The van der Waals surface area contributed by atoms with Crippen LogP contribution in [0.2, 0.25) is 0 Å². The first-order chi connectivity index (χ1) is 7.07. The molecule has 1 saturated carbocycles. The van der Waals surface area contributed by atoms with Crippen molar-refractivity contribution in [3.63, 3.8) is 0 Å². The highest BCUT2D eigenvalue weighted by atomic mass is 16.3. The van der Waals surface area contributed by atoms with E-state index in [9.17, 15) is 9.90 Å². The Morgan fingerprint density at radius 2 is 2.07 bits per heavy atom. The maximum Gasteiger partial charge on any atom is 0.224 e. The van der Waals surface area contributed by atoms with Gasteiger partial charge in [0.2, 0.25) is 5.91 Å². The van der Waals surface area contributed by atoms with Gasteiger partial charge in [-0.1, -0.05) is 19.8 Å². The van der Waals surface area contributed by atoms with Gasteiger partial charge in [0.15, 0.2) is 0 Å². The number of carbonyl (C=O) groups is 1. The largest absolute Gasteiger partial charge is 0.388 e. The number of nitrogens with one attached hydrogen (secondary N) is 2. The van der Waals surface area contributed by atoms with E-state index in [1.54, 1.807) is 0 Å². The molecule has 0 aromatic rings. The van der Waals surface area contributed by atoms with Crippen molar-refractivity contribution in [2.24, 2.45) is 5.92 Å². The zero-order valence-electron chi connectivity index (χ0n) is 9.68. The summed E-state index contributed by atoms with van der Waals surface area (Å²) in [4.78, 5) is 11.6. The second-order valence-electron chi connectivity index (χ2n) is 4.61. The number of amides is 1. The predicted molar refractivity (Wildman–Crippen MR) is 59.5 cm³/mol. The molecule has 0 bridgehead atoms. The Morgan fingerprint density at radius 3 is 2.60 bits per heavy atom. The molecule has 0 saturated heterocycles. The second-order valence-corrected chi connectivity index (χ2v) is 4.61. The summed E-state index contributed by atoms with van der Waals surface area (Å²) < 4.78 is 0. The summed E-state index contributed by atoms with van der Waals surface area (Å²) in [7, 11) is 1.83. The normalized spacial score (nSPS) is 21.3. The van der Waals surface area contributed by atoms with Crippen LogP contribution in [0.4, 0.5) is 0 Å². The van der Waals surface area contributed by atoms with Crippen molar-refractivity contribution in [2.45, 2.75) is 38.2 Å². The Labute approximate surface area is 91.4 Å². The number of hydrogen-bond donors (Lipinski definition) is 3. The van der Waals surface area contributed by atoms with Gasteiger partial charge in [0.1, 0.15) is 0 Å². The molecule has 15 heavy (non-hydrogen) atoms. The van der Waals surface area contributed by atoms with E-state index in [-0.39, 0.29) is 11.8 Å². The Hall–Kier alpha value is -0.610. The summed E-state index contributed by atoms with van der Waals surface area (Å²) in [6.45, 7) is 2.95. The highest BCUT2D eigenvalue weighted by Gasteiger charge is 2.31. The van der Waals surface area contributed by atoms with Crippen molar-refractivity contribution < 1.29 is 9.90 Å². The van der Waals surface area contributed by atoms with E-state index in [4.69, 9.17) is 0 Å². The molecule has 0 spiro atoms. The van der Waals surface area contributed by atoms with Gasteiger partial charge < -0.3 is 15.7 Å². The monoisotopic (exact) mass is 214 g/mol. The van der Waals surface area contributed by atoms with Gasteiger partial charge in [-0.05, 0) is 19.9 Å². The SMILES string of the molecule is CNCC(C)C(=O)NCC1(O)CCCC1. The Kier molecular flexibility index (Phi) is 4.54. The molecule has 1 aliphatic rings. The number of hydrogen-bond acceptors (Lipinski definition) is 3. The van der Waals surface area contributed by atoms with Crippen LogP contribution < -0.4 is 10.6 Å². The van der Waals surface area contributed by atoms with Crippen molar-refractivity contribution in [3.8, 4) is 0 Å². The van der Waals surface area contributed by atoms with Gasteiger partial charge in [-0.15, -0.1) is 0 Å². The number of rotatable bonds is 5. The molecular formula is C11H22N2O2. The summed E-state index contributed by atoms with van der Waals surface area (Å²) in [5, 5.41) is 15.8. The van der Waals surface area contributed by atoms with Crippen LogP contribution in [0, 0.1) is 5.92 Å². The van der Waals surface area contributed by atoms with Gasteiger partial charge in [0.05, 0.1) is 5.60 Å². The van der Waals surface area contributed by atoms with Crippen molar-refractivity contribution in [2.75, 3.05) is 20.1 Å². The van der Waals surface area contributed by atoms with E-state index in [0.29, 0.717) is 13.1 Å². The summed E-state index contributed by atoms with van der Waals surface area (Å²) in [6, 6.07) is 0. The van der Waals surface area contributed by atoms with Crippen molar-refractivity contribution >= 4 is 5.91 Å². The van der Waals surface area contributed by atoms with Crippen molar-refractivity contribution in [3.05, 3.63) is 0 Å². The standard InChI is InChI=1S/C11H22N2O2/c1-9(7-12-2)10(14)13-8-11(15)5-3-4-6-11/h9,12,15H,3-8H2,1-2H3,(H,13,14). The molecule has 1 fully saturated rings. The fourth-order valence-electron chi connectivity index (χ4n) is 2.03. The maximum absolute atomic E-state index is 11.6. The maximum atomic E-state index is 11.6. The molecule has 1 atom stereocenters. The average Bonchev–Trinajstić information content (AvgIpc) is 2.63. The molecule has 4 heteroatoms. The molecule has 1 amide bonds. The lowest BCUT2D eigenvalue weighted by Crippen LogP contribution is -2.43. The molecule has 0 heterocycles. The topological polar surface area (TPSA) is 61.4 Å². The van der Waals surface area contributed by atoms with Crippen molar-refractivity contribution in [1.29, 1.82) is 0 Å². The highest BCUT2D eigenvalue weighted by molar-refractivity contribution is 5.78. The Bertz CT molecular complexity index is 213. The van der Waals surface area contributed by atoms with Crippen LogP contribution >= 0.6 is 0 Å². The molecule has 0 radical (unpaired) electrons. The average molecular weight is 214 g/mol. The molecule has 88 valence electrons. The lowest BCUT2D eigenvalue weighted by atomic mass is 10.0. The van der Waals surface area contributed by atoms with E-state index < -0.39 is 5.60 Å². The highest BCUT2D eigenvalue weighted by Crippen LogP contribution is 2.28. The molecule has 0 aliphatic heterocycles. The molecule has 0 aromatic heterocycles. The number of carbonyl (C=O) groups excluding carboxylic acids is 1. The van der Waals surface area contributed by atoms with Gasteiger partial charge in [-0.3, -0.25) is 4.79 Å². The van der Waals surface area contributed by atoms with Gasteiger partial charge in [0.25, 0.3) is 0 Å². The quantitative estimate of drug-likeness (QED) is 0.615. The predicted octanol–water partition coefficient (Wildman–Crippen LogP) is 0.263. The van der Waals surface area contributed by atoms with Crippen LogP contribution in [0.25, 0.3) is 0 Å². The van der Waals surface area contributed by atoms with Crippen molar-refractivity contribution in [1.82, 2.24) is 10.6 Å². The Morgan fingerprint density at radius 1 is 1.47 bits per heavy atom. The minimum absolute atomic E-state index is 0.0182. The zero-order valence-corrected chi connectivity index (χ0v) is 9.68. The zero-order chi connectivity index (χ0) is 11.3. The van der Waals surface area contributed by atoms with Crippen LogP contribution in [-0.4, -0.2) is 36.8 Å². The van der Waals surface area contributed by atoms with E-state index in [0.717, 1.165) is 25.7 Å². The first kappa shape index (κ1) is 12.5. The summed E-state index contributed by atoms with van der Waals surface area (Å²) in [6.07, 6.45) is 3.76. The van der Waals surface area contributed by atoms with Crippen LogP contribution in [0.5, 0.6) is 0 Å². The molecule has 1 aliphatic carbocycles. The van der Waals surface area contributed by atoms with Crippen LogP contribution in [-0.2, 0) is 4.79 Å².